The number of hydrogen-bond donors (Lipinski definition) is 1. The van der Waals surface area contributed by atoms with E-state index in [0.717, 1.165) is 0 Å². The third-order valence-electron chi connectivity index (χ3n) is 2.67. The van der Waals surface area contributed by atoms with Gasteiger partial charge in [0, 0.05) is 25.2 Å². The van der Waals surface area contributed by atoms with E-state index in [4.69, 9.17) is 9.47 Å². The molecule has 0 heterocycles. The number of methoxy groups -OCH3 is 2. The average molecular weight is 255 g/mol. The van der Waals surface area contributed by atoms with E-state index in [2.05, 4.69) is 0 Å². The van der Waals surface area contributed by atoms with Crippen LogP contribution < -0.4 is 9.47 Å². The molecule has 18 heavy (non-hydrogen) atoms. The van der Waals surface area contributed by atoms with Crippen molar-refractivity contribution in [2.75, 3.05) is 14.2 Å². The number of rotatable bonds is 5. The maximum absolute atomic E-state index is 10.9. The molecule has 6 nitrogen and oxygen atoms in total. The molecule has 0 unspecified atom stereocenters. The molecule has 1 aromatic rings. The van der Waals surface area contributed by atoms with Gasteiger partial charge in [0.2, 0.25) is 11.3 Å². The minimum Gasteiger partial charge on any atom is -0.502 e. The summed E-state index contributed by atoms with van der Waals surface area (Å²) in [5, 5.41) is 20.6. The number of nitrogens with zero attached hydrogens (tertiary/aromatic N) is 1. The van der Waals surface area contributed by atoms with Gasteiger partial charge in [0.05, 0.1) is 14.2 Å². The zero-order valence-electron chi connectivity index (χ0n) is 10.9. The summed E-state index contributed by atoms with van der Waals surface area (Å²) < 4.78 is 10.0. The van der Waals surface area contributed by atoms with Crippen molar-refractivity contribution in [3.63, 3.8) is 0 Å². The standard InChI is InChI=1S/C12H17NO5/c1-12(2,13(15)16)7-8-5-9(17-3)11(14)10(6-8)18-4/h5-6,14H,7H2,1-4H3. The van der Waals surface area contributed by atoms with Crippen LogP contribution in [0.2, 0.25) is 0 Å². The van der Waals surface area contributed by atoms with Crippen LogP contribution in [0.3, 0.4) is 0 Å². The summed E-state index contributed by atoms with van der Waals surface area (Å²) in [6, 6.07) is 3.15. The molecule has 0 saturated heterocycles. The van der Waals surface area contributed by atoms with Gasteiger partial charge in [-0.25, -0.2) is 0 Å². The number of benzene rings is 1. The van der Waals surface area contributed by atoms with E-state index in [1.165, 1.54) is 14.2 Å². The average Bonchev–Trinajstić information content (AvgIpc) is 2.30. The lowest BCUT2D eigenvalue weighted by Crippen LogP contribution is -2.33. The van der Waals surface area contributed by atoms with Crippen LogP contribution in [0.5, 0.6) is 17.2 Å². The normalized spacial score (nSPS) is 11.1. The van der Waals surface area contributed by atoms with E-state index >= 15 is 0 Å². The van der Waals surface area contributed by atoms with Crippen molar-refractivity contribution in [2.24, 2.45) is 0 Å². The van der Waals surface area contributed by atoms with Crippen molar-refractivity contribution in [2.45, 2.75) is 25.8 Å². The number of aromatic hydroxyl groups is 1. The number of hydrogen-bond acceptors (Lipinski definition) is 5. The number of phenolic OH excluding ortho intramolecular Hbond substituents is 1. The monoisotopic (exact) mass is 255 g/mol. The molecule has 100 valence electrons. The first-order chi connectivity index (χ1) is 8.31. The van der Waals surface area contributed by atoms with Crippen LogP contribution in [0, 0.1) is 10.1 Å². The minimum absolute atomic E-state index is 0.109. The van der Waals surface area contributed by atoms with E-state index in [1.807, 2.05) is 0 Å². The van der Waals surface area contributed by atoms with Gasteiger partial charge >= 0.3 is 0 Å². The summed E-state index contributed by atoms with van der Waals surface area (Å²) in [5.74, 6) is 0.370. The van der Waals surface area contributed by atoms with Crippen LogP contribution in [0.15, 0.2) is 12.1 Å². The summed E-state index contributed by atoms with van der Waals surface area (Å²) in [5.41, 5.74) is -0.421. The predicted molar refractivity (Wildman–Crippen MR) is 66.0 cm³/mol. The number of nitro groups is 1. The lowest BCUT2D eigenvalue weighted by Gasteiger charge is -2.17. The molecule has 0 atom stereocenters. The quantitative estimate of drug-likeness (QED) is 0.642. The van der Waals surface area contributed by atoms with Gasteiger partial charge in [-0.3, -0.25) is 10.1 Å². The molecule has 1 aromatic carbocycles. The molecule has 1 N–H and O–H groups in total. The van der Waals surface area contributed by atoms with Gasteiger partial charge in [0.25, 0.3) is 0 Å². The molecule has 0 aliphatic heterocycles. The fourth-order valence-corrected chi connectivity index (χ4v) is 1.61. The van der Waals surface area contributed by atoms with Gasteiger partial charge in [-0.05, 0) is 17.7 Å². The Bertz CT molecular complexity index is 431. The van der Waals surface area contributed by atoms with Crippen molar-refractivity contribution >= 4 is 0 Å². The van der Waals surface area contributed by atoms with Gasteiger partial charge in [0.1, 0.15) is 0 Å². The first-order valence-corrected chi connectivity index (χ1v) is 5.40. The highest BCUT2D eigenvalue weighted by atomic mass is 16.6. The largest absolute Gasteiger partial charge is 0.502 e. The maximum Gasteiger partial charge on any atom is 0.220 e. The van der Waals surface area contributed by atoms with Crippen LogP contribution in [0.4, 0.5) is 0 Å². The fourth-order valence-electron chi connectivity index (χ4n) is 1.61. The number of phenols is 1. The second kappa shape index (κ2) is 5.12. The maximum atomic E-state index is 10.9. The summed E-state index contributed by atoms with van der Waals surface area (Å²) in [4.78, 5) is 10.6. The first kappa shape index (κ1) is 14.1. The fraction of sp³-hybridized carbons (Fsp3) is 0.500. The van der Waals surface area contributed by atoms with Crippen molar-refractivity contribution in [1.82, 2.24) is 0 Å². The Morgan fingerprint density at radius 3 is 2.06 bits per heavy atom. The van der Waals surface area contributed by atoms with Crippen LogP contribution in [0.1, 0.15) is 19.4 Å². The summed E-state index contributed by atoms with van der Waals surface area (Å²) in [6.07, 6.45) is 0.215. The molecule has 0 radical (unpaired) electrons. The lowest BCUT2D eigenvalue weighted by molar-refractivity contribution is -0.560. The Labute approximate surface area is 105 Å². The van der Waals surface area contributed by atoms with Crippen molar-refractivity contribution < 1.29 is 19.5 Å². The first-order valence-electron chi connectivity index (χ1n) is 5.40. The smallest absolute Gasteiger partial charge is 0.220 e. The van der Waals surface area contributed by atoms with Gasteiger partial charge in [0.15, 0.2) is 11.5 Å². The van der Waals surface area contributed by atoms with Crippen molar-refractivity contribution in [1.29, 1.82) is 0 Å². The van der Waals surface area contributed by atoms with Gasteiger partial charge < -0.3 is 14.6 Å². The Balaban J connectivity index is 3.15. The number of ether oxygens (including phenoxy) is 2. The molecule has 0 aliphatic rings. The summed E-state index contributed by atoms with van der Waals surface area (Å²) in [7, 11) is 2.83. The Hall–Kier alpha value is -1.98. The molecule has 0 fully saturated rings. The molecule has 0 amide bonds. The zero-order valence-corrected chi connectivity index (χ0v) is 10.9. The van der Waals surface area contributed by atoms with Gasteiger partial charge in [-0.15, -0.1) is 0 Å². The predicted octanol–water partition coefficient (Wildman–Crippen LogP) is 2.01. The van der Waals surface area contributed by atoms with Gasteiger partial charge in [-0.2, -0.15) is 0 Å². The van der Waals surface area contributed by atoms with Gasteiger partial charge in [-0.1, -0.05) is 0 Å². The van der Waals surface area contributed by atoms with E-state index in [1.54, 1.807) is 26.0 Å². The van der Waals surface area contributed by atoms with E-state index < -0.39 is 5.54 Å². The topological polar surface area (TPSA) is 81.8 Å². The SMILES string of the molecule is COc1cc(CC(C)(C)[N+](=O)[O-])cc(OC)c1O. The zero-order chi connectivity index (χ0) is 13.9. The third kappa shape index (κ3) is 2.82. The van der Waals surface area contributed by atoms with Crippen LogP contribution in [-0.4, -0.2) is 29.8 Å². The van der Waals surface area contributed by atoms with E-state index in [9.17, 15) is 15.2 Å². The lowest BCUT2D eigenvalue weighted by atomic mass is 9.95. The molecule has 6 heteroatoms. The molecule has 0 aromatic heterocycles. The van der Waals surface area contributed by atoms with Crippen molar-refractivity contribution in [3.8, 4) is 17.2 Å². The molecule has 0 saturated carbocycles. The van der Waals surface area contributed by atoms with Crippen LogP contribution in [0.25, 0.3) is 0 Å². The molecule has 1 rings (SSSR count). The van der Waals surface area contributed by atoms with Crippen LogP contribution in [-0.2, 0) is 6.42 Å². The highest BCUT2D eigenvalue weighted by Gasteiger charge is 2.31. The molecule has 0 spiro atoms. The van der Waals surface area contributed by atoms with E-state index in [-0.39, 0.29) is 28.6 Å². The van der Waals surface area contributed by atoms with Crippen molar-refractivity contribution in [3.05, 3.63) is 27.8 Å². The Morgan fingerprint density at radius 1 is 1.28 bits per heavy atom. The highest BCUT2D eigenvalue weighted by Crippen LogP contribution is 2.38. The summed E-state index contributed by atoms with van der Waals surface area (Å²) in [6.45, 7) is 3.08. The van der Waals surface area contributed by atoms with Crippen LogP contribution >= 0.6 is 0 Å². The second-order valence-electron chi connectivity index (χ2n) is 4.60. The van der Waals surface area contributed by atoms with E-state index in [0.29, 0.717) is 5.56 Å². The molecule has 0 bridgehead atoms. The summed E-state index contributed by atoms with van der Waals surface area (Å²) >= 11 is 0. The second-order valence-corrected chi connectivity index (χ2v) is 4.60. The molecule has 0 aliphatic carbocycles. The minimum atomic E-state index is -1.09. The Morgan fingerprint density at radius 2 is 1.72 bits per heavy atom. The Kier molecular flexibility index (Phi) is 4.00. The molecular weight excluding hydrogens is 238 g/mol. The highest BCUT2D eigenvalue weighted by molar-refractivity contribution is 5.52. The molecular formula is C12H17NO5. The third-order valence-corrected chi connectivity index (χ3v) is 2.67.